The second kappa shape index (κ2) is 8.67. The number of methoxy groups -OCH3 is 1. The molecule has 1 N–H and O–H groups in total. The van der Waals surface area contributed by atoms with Crippen molar-refractivity contribution in [2.24, 2.45) is 0 Å². The first-order chi connectivity index (χ1) is 13.2. The van der Waals surface area contributed by atoms with E-state index in [1.54, 1.807) is 42.5 Å². The van der Waals surface area contributed by atoms with E-state index in [-0.39, 0.29) is 12.5 Å². The Bertz CT molecular complexity index is 938. The highest BCUT2D eigenvalue weighted by Crippen LogP contribution is 2.21. The molecule has 3 aromatic carbocycles. The zero-order valence-electron chi connectivity index (χ0n) is 14.8. The summed E-state index contributed by atoms with van der Waals surface area (Å²) in [5.41, 5.74) is 2.40. The highest BCUT2D eigenvalue weighted by Gasteiger charge is 2.13. The van der Waals surface area contributed by atoms with E-state index in [9.17, 15) is 9.59 Å². The minimum Gasteiger partial charge on any atom is -0.488 e. The van der Waals surface area contributed by atoms with Gasteiger partial charge >= 0.3 is 5.97 Å². The van der Waals surface area contributed by atoms with Gasteiger partial charge in [0.1, 0.15) is 12.4 Å². The maximum Gasteiger partial charge on any atom is 0.337 e. The predicted octanol–water partition coefficient (Wildman–Crippen LogP) is 4.30. The molecular formula is C22H19NO4. The number of carbonyl (C=O) groups excluding carboxylic acids is 2. The molecule has 0 spiro atoms. The fourth-order valence-corrected chi connectivity index (χ4v) is 2.57. The number of carbonyl (C=O) groups is 2. The SMILES string of the molecule is COC(=O)c1cccc(COc2ccccc2C(=O)Nc2ccccc2)c1. The summed E-state index contributed by atoms with van der Waals surface area (Å²) in [6.45, 7) is 0.223. The van der Waals surface area contributed by atoms with Crippen molar-refractivity contribution in [3.8, 4) is 5.75 Å². The molecule has 0 atom stereocenters. The maximum atomic E-state index is 12.6. The third-order valence-electron chi connectivity index (χ3n) is 3.91. The fraction of sp³-hybridized carbons (Fsp3) is 0.0909. The molecule has 3 rings (SSSR count). The zero-order chi connectivity index (χ0) is 19.1. The van der Waals surface area contributed by atoms with Crippen LogP contribution in [0.15, 0.2) is 78.9 Å². The third-order valence-corrected chi connectivity index (χ3v) is 3.91. The zero-order valence-corrected chi connectivity index (χ0v) is 14.8. The smallest absolute Gasteiger partial charge is 0.337 e. The average Bonchev–Trinajstić information content (AvgIpc) is 2.72. The van der Waals surface area contributed by atoms with Crippen LogP contribution in [0.5, 0.6) is 5.75 Å². The van der Waals surface area contributed by atoms with Crippen LogP contribution in [0.1, 0.15) is 26.3 Å². The van der Waals surface area contributed by atoms with Crippen molar-refractivity contribution in [1.82, 2.24) is 0 Å². The van der Waals surface area contributed by atoms with E-state index < -0.39 is 5.97 Å². The van der Waals surface area contributed by atoms with Crippen LogP contribution in [0.3, 0.4) is 0 Å². The van der Waals surface area contributed by atoms with Crippen molar-refractivity contribution in [2.75, 3.05) is 12.4 Å². The lowest BCUT2D eigenvalue weighted by molar-refractivity contribution is 0.0600. The molecule has 1 amide bonds. The van der Waals surface area contributed by atoms with Gasteiger partial charge in [-0.2, -0.15) is 0 Å². The number of hydrogen-bond donors (Lipinski definition) is 1. The van der Waals surface area contributed by atoms with Crippen molar-refractivity contribution in [1.29, 1.82) is 0 Å². The van der Waals surface area contributed by atoms with E-state index in [1.807, 2.05) is 36.4 Å². The van der Waals surface area contributed by atoms with Gasteiger partial charge in [0, 0.05) is 5.69 Å². The second-order valence-electron chi connectivity index (χ2n) is 5.80. The summed E-state index contributed by atoms with van der Waals surface area (Å²) < 4.78 is 10.6. The van der Waals surface area contributed by atoms with Crippen molar-refractivity contribution in [3.63, 3.8) is 0 Å². The Morgan fingerprint density at radius 3 is 2.41 bits per heavy atom. The van der Waals surface area contributed by atoms with Gasteiger partial charge in [0.25, 0.3) is 5.91 Å². The van der Waals surface area contributed by atoms with Crippen molar-refractivity contribution < 1.29 is 19.1 Å². The minimum atomic E-state index is -0.403. The largest absolute Gasteiger partial charge is 0.488 e. The second-order valence-corrected chi connectivity index (χ2v) is 5.80. The molecule has 3 aromatic rings. The molecule has 0 unspecified atom stereocenters. The summed E-state index contributed by atoms with van der Waals surface area (Å²) in [6, 6.07) is 23.3. The van der Waals surface area contributed by atoms with Crippen LogP contribution in [0.4, 0.5) is 5.69 Å². The van der Waals surface area contributed by atoms with Gasteiger partial charge in [-0.1, -0.05) is 42.5 Å². The summed E-state index contributed by atoms with van der Waals surface area (Å²) in [5.74, 6) is -0.186. The van der Waals surface area contributed by atoms with Crippen LogP contribution in [0.25, 0.3) is 0 Å². The molecule has 0 radical (unpaired) electrons. The molecule has 0 bridgehead atoms. The number of nitrogens with one attached hydrogen (secondary N) is 1. The molecule has 0 heterocycles. The van der Waals surface area contributed by atoms with Gasteiger partial charge in [-0.3, -0.25) is 4.79 Å². The van der Waals surface area contributed by atoms with E-state index in [2.05, 4.69) is 5.32 Å². The van der Waals surface area contributed by atoms with Crippen molar-refractivity contribution in [3.05, 3.63) is 95.6 Å². The van der Waals surface area contributed by atoms with Gasteiger partial charge in [-0.15, -0.1) is 0 Å². The number of ether oxygens (including phenoxy) is 2. The molecular weight excluding hydrogens is 342 g/mol. The van der Waals surface area contributed by atoms with Crippen LogP contribution in [0, 0.1) is 0 Å². The van der Waals surface area contributed by atoms with Gasteiger partial charge in [-0.25, -0.2) is 4.79 Å². The van der Waals surface area contributed by atoms with Gasteiger partial charge in [0.15, 0.2) is 0 Å². The Morgan fingerprint density at radius 2 is 1.63 bits per heavy atom. The molecule has 0 saturated carbocycles. The monoisotopic (exact) mass is 361 g/mol. The Hall–Kier alpha value is -3.60. The molecule has 0 aliphatic heterocycles. The van der Waals surface area contributed by atoms with Gasteiger partial charge in [0.2, 0.25) is 0 Å². The quantitative estimate of drug-likeness (QED) is 0.665. The molecule has 136 valence electrons. The first kappa shape index (κ1) is 18.2. The van der Waals surface area contributed by atoms with E-state index in [0.717, 1.165) is 5.56 Å². The van der Waals surface area contributed by atoms with E-state index >= 15 is 0 Å². The van der Waals surface area contributed by atoms with Crippen LogP contribution in [-0.2, 0) is 11.3 Å². The van der Waals surface area contributed by atoms with Crippen LogP contribution < -0.4 is 10.1 Å². The van der Waals surface area contributed by atoms with Gasteiger partial charge in [0.05, 0.1) is 18.2 Å². The number of rotatable bonds is 6. The topological polar surface area (TPSA) is 64.6 Å². The third kappa shape index (κ3) is 4.73. The molecule has 5 nitrogen and oxygen atoms in total. The lowest BCUT2D eigenvalue weighted by Gasteiger charge is -2.12. The molecule has 0 aromatic heterocycles. The highest BCUT2D eigenvalue weighted by atomic mass is 16.5. The Morgan fingerprint density at radius 1 is 0.889 bits per heavy atom. The summed E-state index contributed by atoms with van der Waals surface area (Å²) >= 11 is 0. The summed E-state index contributed by atoms with van der Waals surface area (Å²) in [5, 5.41) is 2.85. The summed E-state index contributed by atoms with van der Waals surface area (Å²) in [4.78, 5) is 24.2. The van der Waals surface area contributed by atoms with Crippen molar-refractivity contribution >= 4 is 17.6 Å². The summed E-state index contributed by atoms with van der Waals surface area (Å²) in [6.07, 6.45) is 0. The minimum absolute atomic E-state index is 0.223. The normalized spacial score (nSPS) is 10.1. The predicted molar refractivity (Wildman–Crippen MR) is 103 cm³/mol. The van der Waals surface area contributed by atoms with Gasteiger partial charge < -0.3 is 14.8 Å². The number of esters is 1. The van der Waals surface area contributed by atoms with E-state index in [1.165, 1.54) is 7.11 Å². The Labute approximate surface area is 157 Å². The van der Waals surface area contributed by atoms with Crippen LogP contribution in [0.2, 0.25) is 0 Å². The first-order valence-electron chi connectivity index (χ1n) is 8.43. The van der Waals surface area contributed by atoms with Crippen LogP contribution >= 0.6 is 0 Å². The molecule has 5 heteroatoms. The molecule has 0 fully saturated rings. The Balaban J connectivity index is 1.73. The van der Waals surface area contributed by atoms with Gasteiger partial charge in [-0.05, 0) is 42.0 Å². The molecule has 0 saturated heterocycles. The van der Waals surface area contributed by atoms with E-state index in [0.29, 0.717) is 22.6 Å². The Kier molecular flexibility index (Phi) is 5.84. The van der Waals surface area contributed by atoms with Crippen LogP contribution in [-0.4, -0.2) is 19.0 Å². The maximum absolute atomic E-state index is 12.6. The number of hydrogen-bond acceptors (Lipinski definition) is 4. The van der Waals surface area contributed by atoms with E-state index in [4.69, 9.17) is 9.47 Å². The lowest BCUT2D eigenvalue weighted by atomic mass is 10.1. The fourth-order valence-electron chi connectivity index (χ4n) is 2.57. The molecule has 0 aliphatic carbocycles. The summed E-state index contributed by atoms with van der Waals surface area (Å²) in [7, 11) is 1.34. The van der Waals surface area contributed by atoms with Crippen molar-refractivity contribution in [2.45, 2.75) is 6.61 Å². The number of amides is 1. The highest BCUT2D eigenvalue weighted by molar-refractivity contribution is 6.06. The standard InChI is InChI=1S/C22H19NO4/c1-26-22(25)17-9-7-8-16(14-17)15-27-20-13-6-5-12-19(20)21(24)23-18-10-3-2-4-11-18/h2-14H,15H2,1H3,(H,23,24). The number of para-hydroxylation sites is 2. The molecule has 27 heavy (non-hydrogen) atoms. The number of benzene rings is 3. The lowest BCUT2D eigenvalue weighted by Crippen LogP contribution is -2.13. The number of anilines is 1. The first-order valence-corrected chi connectivity index (χ1v) is 8.43. The average molecular weight is 361 g/mol. The molecule has 0 aliphatic rings.